The van der Waals surface area contributed by atoms with E-state index in [9.17, 15) is 27.9 Å². The predicted molar refractivity (Wildman–Crippen MR) is 123 cm³/mol. The summed E-state index contributed by atoms with van der Waals surface area (Å²) in [6.45, 7) is 5.70. The molecule has 2 rings (SSSR count). The molecule has 2 atom stereocenters. The first-order valence-corrected chi connectivity index (χ1v) is 11.1. The maximum atomic E-state index is 13.8. The van der Waals surface area contributed by atoms with Crippen molar-refractivity contribution in [2.75, 3.05) is 6.54 Å². The Hall–Kier alpha value is -2.99. The molecule has 1 aromatic carbocycles. The lowest BCUT2D eigenvalue weighted by atomic mass is 9.85. The molecule has 6 N–H and O–H groups in total. The molecule has 1 aliphatic rings. The number of hydroxylamine groups is 1. The molecular weight excluding hydrogens is 493 g/mol. The number of rotatable bonds is 8. The number of benzene rings is 1. The van der Waals surface area contributed by atoms with Crippen molar-refractivity contribution < 1.29 is 37.8 Å². The highest BCUT2D eigenvalue weighted by molar-refractivity contribution is 6.31. The van der Waals surface area contributed by atoms with Gasteiger partial charge in [-0.15, -0.1) is 0 Å². The predicted octanol–water partition coefficient (Wildman–Crippen LogP) is 3.38. The fourth-order valence-corrected chi connectivity index (χ4v) is 3.87. The number of hydrogen-bond acceptors (Lipinski definition) is 5. The first kappa shape index (κ1) is 28.2. The normalized spacial score (nSPS) is 17.1. The second-order valence-electron chi connectivity index (χ2n) is 9.00. The average Bonchev–Trinajstić information content (AvgIpc) is 2.74. The number of aliphatic carboxylic acids is 1. The van der Waals surface area contributed by atoms with Crippen LogP contribution < -0.4 is 21.3 Å². The summed E-state index contributed by atoms with van der Waals surface area (Å²) in [5.74, 6) is -2.92. The quantitative estimate of drug-likeness (QED) is 0.153. The number of carboxylic acids is 1. The van der Waals surface area contributed by atoms with Gasteiger partial charge in [0.25, 0.3) is 5.91 Å². The van der Waals surface area contributed by atoms with Gasteiger partial charge in [-0.25, -0.2) is 10.3 Å². The molecule has 0 aromatic heterocycles. The van der Waals surface area contributed by atoms with E-state index < -0.39 is 41.2 Å². The lowest BCUT2D eigenvalue weighted by Gasteiger charge is -2.30. The van der Waals surface area contributed by atoms with Crippen LogP contribution in [0.4, 0.5) is 13.2 Å². The summed E-state index contributed by atoms with van der Waals surface area (Å²) in [5.41, 5.74) is 6.40. The van der Waals surface area contributed by atoms with Crippen molar-refractivity contribution in [3.05, 3.63) is 33.9 Å². The van der Waals surface area contributed by atoms with Crippen molar-refractivity contribution in [3.63, 3.8) is 0 Å². The first-order valence-electron chi connectivity index (χ1n) is 10.7. The highest BCUT2D eigenvalue weighted by Crippen LogP contribution is 2.42. The molecule has 9 nitrogen and oxygen atoms in total. The molecule has 1 aliphatic heterocycles. The Morgan fingerprint density at radius 3 is 2.46 bits per heavy atom. The van der Waals surface area contributed by atoms with Gasteiger partial charge >= 0.3 is 12.1 Å². The third kappa shape index (κ3) is 7.49. The molecule has 1 unspecified atom stereocenters. The van der Waals surface area contributed by atoms with Crippen molar-refractivity contribution in [1.29, 1.82) is 0 Å². The van der Waals surface area contributed by atoms with Crippen molar-refractivity contribution in [2.45, 2.75) is 63.8 Å². The number of halogens is 4. The molecule has 1 amide bonds. The van der Waals surface area contributed by atoms with Crippen LogP contribution in [-0.2, 0) is 15.0 Å². The van der Waals surface area contributed by atoms with Gasteiger partial charge in [0.15, 0.2) is 0 Å². The Kier molecular flexibility index (Phi) is 9.01. The summed E-state index contributed by atoms with van der Waals surface area (Å²) >= 11 is 6.32. The van der Waals surface area contributed by atoms with Gasteiger partial charge in [-0.05, 0) is 48.4 Å². The molecule has 0 saturated carbocycles. The average molecular weight is 521 g/mol. The van der Waals surface area contributed by atoms with Crippen LogP contribution in [0.5, 0.6) is 5.75 Å². The highest BCUT2D eigenvalue weighted by atomic mass is 35.5. The smallest absolute Gasteiger partial charge is 0.429 e. The number of nitrogens with zero attached hydrogens (tertiary/aromatic N) is 1. The number of alkyl halides is 3. The van der Waals surface area contributed by atoms with Crippen LogP contribution in [0.15, 0.2) is 22.7 Å². The number of hydrogen-bond donors (Lipinski definition) is 5. The van der Waals surface area contributed by atoms with Gasteiger partial charge in [-0.2, -0.15) is 13.2 Å². The van der Waals surface area contributed by atoms with E-state index in [1.165, 1.54) is 12.1 Å². The third-order valence-electron chi connectivity index (χ3n) is 5.21. The lowest BCUT2D eigenvalue weighted by Crippen LogP contribution is -2.47. The second kappa shape index (κ2) is 11.2. The molecule has 1 aromatic rings. The number of unbranched alkanes of at least 4 members (excludes halogenated alkanes) is 1. The number of nitrogens with two attached hydrogens (primary N) is 1. The number of carbonyl (C=O) groups excluding carboxylic acids is 1. The zero-order chi connectivity index (χ0) is 26.6. The summed E-state index contributed by atoms with van der Waals surface area (Å²) in [6.07, 6.45) is -5.93. The molecule has 194 valence electrons. The molecular formula is C22H28ClF3N4O5. The summed E-state index contributed by atoms with van der Waals surface area (Å²) in [4.78, 5) is 28.1. The maximum absolute atomic E-state index is 13.8. The van der Waals surface area contributed by atoms with E-state index in [2.05, 4.69) is 10.3 Å². The highest BCUT2D eigenvalue weighted by Gasteiger charge is 2.48. The van der Waals surface area contributed by atoms with Gasteiger partial charge in [0.05, 0.1) is 5.57 Å². The van der Waals surface area contributed by atoms with Crippen molar-refractivity contribution in [1.82, 2.24) is 10.8 Å². The molecule has 13 heteroatoms. The zero-order valence-electron chi connectivity index (χ0n) is 19.4. The van der Waals surface area contributed by atoms with E-state index in [-0.39, 0.29) is 36.7 Å². The second-order valence-corrected chi connectivity index (χ2v) is 9.41. The molecule has 0 saturated heterocycles. The minimum Gasteiger partial charge on any atom is -0.480 e. The number of fused-ring (bicyclic) bond motifs is 1. The van der Waals surface area contributed by atoms with Gasteiger partial charge in [-0.3, -0.25) is 15.0 Å². The minimum absolute atomic E-state index is 0.0643. The van der Waals surface area contributed by atoms with Gasteiger partial charge in [-0.1, -0.05) is 32.4 Å². The van der Waals surface area contributed by atoms with E-state index in [0.717, 1.165) is 6.08 Å². The Morgan fingerprint density at radius 2 is 1.91 bits per heavy atom. The van der Waals surface area contributed by atoms with Crippen LogP contribution in [0.2, 0.25) is 5.02 Å². The van der Waals surface area contributed by atoms with Crippen LogP contribution >= 0.6 is 11.6 Å². The Morgan fingerprint density at radius 1 is 1.26 bits per heavy atom. The van der Waals surface area contributed by atoms with Crippen LogP contribution in [0.1, 0.15) is 51.2 Å². The third-order valence-corrected chi connectivity index (χ3v) is 5.52. The summed E-state index contributed by atoms with van der Waals surface area (Å²) in [7, 11) is 0. The van der Waals surface area contributed by atoms with Crippen molar-refractivity contribution >= 4 is 35.5 Å². The summed E-state index contributed by atoms with van der Waals surface area (Å²) < 4.78 is 46.6. The van der Waals surface area contributed by atoms with E-state index in [0.29, 0.717) is 17.0 Å². The topological polar surface area (TPSA) is 146 Å². The van der Waals surface area contributed by atoms with Crippen molar-refractivity contribution in [2.24, 2.45) is 10.7 Å². The molecule has 0 radical (unpaired) electrons. The van der Waals surface area contributed by atoms with Gasteiger partial charge < -0.3 is 20.9 Å². The molecule has 35 heavy (non-hydrogen) atoms. The molecule has 1 heterocycles. The summed E-state index contributed by atoms with van der Waals surface area (Å²) in [5, 5.41) is 20.4. The Bertz CT molecular complexity index is 1020. The van der Waals surface area contributed by atoms with E-state index in [1.807, 2.05) is 20.8 Å². The number of ether oxygens (including phenoxy) is 1. The summed E-state index contributed by atoms with van der Waals surface area (Å²) in [6, 6.07) is 1.39. The minimum atomic E-state index is -4.93. The van der Waals surface area contributed by atoms with E-state index in [4.69, 9.17) is 27.3 Å². The number of aliphatic imine (C=N–C) groups is 1. The molecule has 0 bridgehead atoms. The number of carboxylic acid groups (broad SMARTS) is 1. The Labute approximate surface area is 205 Å². The standard InChI is InChI=1S/C22H28ClF3N4O5/c1-21(2,3)13-10-16-11(9-14(13)23)8-12(17(35-16)22(24,25)26)18(31)29-15(19(32)33)6-4-5-7-28-20(27)30-34/h8-10,15,17,34H,4-7H2,1-3H3,(H,29,31)(H,32,33)(H3,27,28,30)/t15?,17-/m0/s1. The van der Waals surface area contributed by atoms with Gasteiger partial charge in [0.2, 0.25) is 12.1 Å². The van der Waals surface area contributed by atoms with E-state index in [1.54, 1.807) is 5.48 Å². The Balaban J connectivity index is 2.27. The largest absolute Gasteiger partial charge is 0.480 e. The van der Waals surface area contributed by atoms with Gasteiger partial charge in [0.1, 0.15) is 11.8 Å². The maximum Gasteiger partial charge on any atom is 0.429 e. The van der Waals surface area contributed by atoms with Crippen LogP contribution in [0, 0.1) is 0 Å². The fraction of sp³-hybridized carbons (Fsp3) is 0.500. The van der Waals surface area contributed by atoms with E-state index >= 15 is 0 Å². The van der Waals surface area contributed by atoms with Crippen LogP contribution in [0.25, 0.3) is 6.08 Å². The van der Waals surface area contributed by atoms with Crippen molar-refractivity contribution in [3.8, 4) is 5.75 Å². The monoisotopic (exact) mass is 520 g/mol. The van der Waals surface area contributed by atoms with Crippen LogP contribution in [0.3, 0.4) is 0 Å². The fourth-order valence-electron chi connectivity index (χ4n) is 3.41. The van der Waals surface area contributed by atoms with Crippen LogP contribution in [-0.4, -0.2) is 53.0 Å². The number of carbonyl (C=O) groups is 2. The number of guanidine groups is 1. The van der Waals surface area contributed by atoms with Gasteiger partial charge in [0, 0.05) is 17.1 Å². The SMILES string of the molecule is CC(C)(C)c1cc2c(cc1Cl)C=C(C(=O)NC(CCCCN=C(N)NO)C(=O)O)[C@@H](C(F)(F)F)O2. The molecule has 0 aliphatic carbocycles. The zero-order valence-corrected chi connectivity index (χ0v) is 20.1. The number of nitrogens with one attached hydrogen (secondary N) is 2. The lowest BCUT2D eigenvalue weighted by molar-refractivity contribution is -0.185. The molecule has 0 spiro atoms. The molecule has 0 fully saturated rings. The number of amides is 1. The first-order chi connectivity index (χ1) is 16.1.